The minimum atomic E-state index is -0.253. The van der Waals surface area contributed by atoms with E-state index in [9.17, 15) is 9.59 Å². The van der Waals surface area contributed by atoms with Gasteiger partial charge in [-0.2, -0.15) is 5.10 Å². The summed E-state index contributed by atoms with van der Waals surface area (Å²) in [5.74, 6) is -0.328. The van der Waals surface area contributed by atoms with Gasteiger partial charge in [-0.3, -0.25) is 19.5 Å². The average molecular weight is 398 g/mol. The fraction of sp³-hybridized carbons (Fsp3) is 0.368. The molecule has 28 heavy (non-hydrogen) atoms. The number of carbonyl (C=O) groups is 2. The molecule has 0 aliphatic carbocycles. The molecule has 2 N–H and O–H groups in total. The summed E-state index contributed by atoms with van der Waals surface area (Å²) in [4.78, 5) is 32.3. The lowest BCUT2D eigenvalue weighted by Gasteiger charge is -2.20. The molecule has 1 atom stereocenters. The van der Waals surface area contributed by atoms with Crippen LogP contribution >= 0.6 is 11.3 Å². The Morgan fingerprint density at radius 1 is 1.32 bits per heavy atom. The molecule has 0 bridgehead atoms. The highest BCUT2D eigenvalue weighted by Crippen LogP contribution is 2.22. The molecule has 9 heteroatoms. The van der Waals surface area contributed by atoms with E-state index in [2.05, 4.69) is 32.5 Å². The Balaban J connectivity index is 1.45. The molecule has 1 saturated heterocycles. The minimum absolute atomic E-state index is 0.0754. The first-order valence-corrected chi connectivity index (χ1v) is 10.1. The normalized spacial score (nSPS) is 17.1. The number of likely N-dealkylation sites (tertiary alicyclic amines) is 1. The molecule has 4 heterocycles. The molecule has 1 aliphatic heterocycles. The molecule has 1 aliphatic rings. The number of pyridine rings is 1. The zero-order valence-electron chi connectivity index (χ0n) is 15.8. The van der Waals surface area contributed by atoms with Gasteiger partial charge in [0.15, 0.2) is 0 Å². The van der Waals surface area contributed by atoms with E-state index >= 15 is 0 Å². The van der Waals surface area contributed by atoms with Crippen LogP contribution in [-0.4, -0.2) is 50.4 Å². The van der Waals surface area contributed by atoms with Crippen LogP contribution in [0.3, 0.4) is 0 Å². The van der Waals surface area contributed by atoms with E-state index < -0.39 is 0 Å². The Morgan fingerprint density at radius 3 is 2.96 bits per heavy atom. The lowest BCUT2D eigenvalue weighted by Crippen LogP contribution is -2.35. The maximum absolute atomic E-state index is 12.7. The van der Waals surface area contributed by atoms with Crippen molar-refractivity contribution < 1.29 is 9.59 Å². The van der Waals surface area contributed by atoms with Crippen molar-refractivity contribution in [3.8, 4) is 0 Å². The van der Waals surface area contributed by atoms with Gasteiger partial charge in [-0.25, -0.2) is 4.52 Å². The largest absolute Gasteiger partial charge is 0.324 e. The number of carbonyl (C=O) groups excluding carboxylic acids is 2. The van der Waals surface area contributed by atoms with Gasteiger partial charge >= 0.3 is 0 Å². The first kappa shape index (κ1) is 18.6. The molecule has 3 aromatic rings. The van der Waals surface area contributed by atoms with Crippen LogP contribution in [0.4, 0.5) is 11.4 Å². The second kappa shape index (κ2) is 7.69. The maximum Gasteiger partial charge on any atom is 0.260 e. The standard InChI is InChI=1S/C19H22N6O2S/c1-12-4-3-5-24(12)11-17(26)22-14-8-16(13(2)20-9-14)23-18(27)15-10-21-25-6-7-28-19(15)25/h6-10,12H,3-5,11H2,1-2H3,(H,22,26)(H,23,27). The summed E-state index contributed by atoms with van der Waals surface area (Å²) < 4.78 is 1.67. The number of rotatable bonds is 5. The fourth-order valence-electron chi connectivity index (χ4n) is 3.41. The molecule has 3 aromatic heterocycles. The van der Waals surface area contributed by atoms with Gasteiger partial charge in [0.25, 0.3) is 5.91 Å². The first-order chi connectivity index (χ1) is 13.5. The van der Waals surface area contributed by atoms with Crippen LogP contribution in [0, 0.1) is 6.92 Å². The van der Waals surface area contributed by atoms with Gasteiger partial charge in [0.1, 0.15) is 4.83 Å². The molecule has 146 valence electrons. The van der Waals surface area contributed by atoms with Gasteiger partial charge < -0.3 is 10.6 Å². The van der Waals surface area contributed by atoms with Gasteiger partial charge in [-0.15, -0.1) is 11.3 Å². The number of thiazole rings is 1. The van der Waals surface area contributed by atoms with Gasteiger partial charge in [0, 0.05) is 17.6 Å². The molecule has 1 unspecified atom stereocenters. The third-order valence-electron chi connectivity index (χ3n) is 5.03. The highest BCUT2D eigenvalue weighted by molar-refractivity contribution is 7.15. The monoisotopic (exact) mass is 398 g/mol. The molecule has 8 nitrogen and oxygen atoms in total. The van der Waals surface area contributed by atoms with Gasteiger partial charge in [-0.1, -0.05) is 0 Å². The summed E-state index contributed by atoms with van der Waals surface area (Å²) in [7, 11) is 0. The van der Waals surface area contributed by atoms with Crippen molar-refractivity contribution >= 4 is 39.4 Å². The zero-order chi connectivity index (χ0) is 19.7. The maximum atomic E-state index is 12.7. The second-order valence-corrected chi connectivity index (χ2v) is 7.93. The van der Waals surface area contributed by atoms with Crippen molar-refractivity contribution in [3.05, 3.63) is 41.3 Å². The van der Waals surface area contributed by atoms with Crippen molar-refractivity contribution in [1.82, 2.24) is 19.5 Å². The number of aromatic nitrogens is 3. The molecule has 1 fully saturated rings. The fourth-order valence-corrected chi connectivity index (χ4v) is 4.21. The molecule has 2 amide bonds. The number of fused-ring (bicyclic) bond motifs is 1. The van der Waals surface area contributed by atoms with Gasteiger partial charge in [0.05, 0.1) is 41.6 Å². The topological polar surface area (TPSA) is 91.6 Å². The van der Waals surface area contributed by atoms with E-state index in [0.717, 1.165) is 24.2 Å². The zero-order valence-corrected chi connectivity index (χ0v) is 16.6. The second-order valence-electron chi connectivity index (χ2n) is 7.03. The van der Waals surface area contributed by atoms with Crippen molar-refractivity contribution in [2.75, 3.05) is 23.7 Å². The SMILES string of the molecule is Cc1ncc(NC(=O)CN2CCCC2C)cc1NC(=O)c1cnn2ccsc12. The molecular formula is C19H22N6O2S. The number of aryl methyl sites for hydroxylation is 1. The molecule has 0 aromatic carbocycles. The Bertz CT molecular complexity index is 1030. The predicted octanol–water partition coefficient (Wildman–Crippen LogP) is 2.77. The van der Waals surface area contributed by atoms with E-state index in [1.165, 1.54) is 11.3 Å². The number of anilines is 2. The summed E-state index contributed by atoms with van der Waals surface area (Å²) in [5, 5.41) is 11.8. The van der Waals surface area contributed by atoms with Gasteiger partial charge in [-0.05, 0) is 39.3 Å². The summed E-state index contributed by atoms with van der Waals surface area (Å²) in [6.07, 6.45) is 7.21. The summed E-state index contributed by atoms with van der Waals surface area (Å²) in [6, 6.07) is 2.17. The van der Waals surface area contributed by atoms with Gasteiger partial charge in [0.2, 0.25) is 5.91 Å². The summed E-state index contributed by atoms with van der Waals surface area (Å²) in [6.45, 7) is 5.27. The lowest BCUT2D eigenvalue weighted by atomic mass is 10.2. The van der Waals surface area contributed by atoms with Crippen LogP contribution in [0.25, 0.3) is 4.83 Å². The van der Waals surface area contributed by atoms with E-state index in [1.54, 1.807) is 29.2 Å². The smallest absolute Gasteiger partial charge is 0.260 e. The highest BCUT2D eigenvalue weighted by atomic mass is 32.1. The highest BCUT2D eigenvalue weighted by Gasteiger charge is 2.22. The number of nitrogens with one attached hydrogen (secondary N) is 2. The lowest BCUT2D eigenvalue weighted by molar-refractivity contribution is -0.117. The van der Waals surface area contributed by atoms with Crippen LogP contribution in [0.2, 0.25) is 0 Å². The van der Waals surface area contributed by atoms with Crippen LogP contribution in [0.15, 0.2) is 30.0 Å². The summed E-state index contributed by atoms with van der Waals surface area (Å²) >= 11 is 1.45. The average Bonchev–Trinajstić information content (AvgIpc) is 3.35. The van der Waals surface area contributed by atoms with E-state index in [1.807, 2.05) is 12.3 Å². The molecule has 0 saturated carbocycles. The Hall–Kier alpha value is -2.78. The molecule has 4 rings (SSSR count). The third-order valence-corrected chi connectivity index (χ3v) is 5.92. The molecule has 0 radical (unpaired) electrons. The van der Waals surface area contributed by atoms with Crippen molar-refractivity contribution in [2.45, 2.75) is 32.7 Å². The Morgan fingerprint density at radius 2 is 2.18 bits per heavy atom. The van der Waals surface area contributed by atoms with E-state index in [0.29, 0.717) is 35.2 Å². The Labute approximate surface area is 166 Å². The van der Waals surface area contributed by atoms with Crippen LogP contribution in [-0.2, 0) is 4.79 Å². The van der Waals surface area contributed by atoms with E-state index in [-0.39, 0.29) is 11.8 Å². The minimum Gasteiger partial charge on any atom is -0.324 e. The first-order valence-electron chi connectivity index (χ1n) is 9.24. The molecule has 0 spiro atoms. The third kappa shape index (κ3) is 3.76. The number of hydrogen-bond acceptors (Lipinski definition) is 6. The number of amides is 2. The van der Waals surface area contributed by atoms with Crippen LogP contribution in [0.5, 0.6) is 0 Å². The number of nitrogens with zero attached hydrogens (tertiary/aromatic N) is 4. The quantitative estimate of drug-likeness (QED) is 0.690. The van der Waals surface area contributed by atoms with Crippen molar-refractivity contribution in [1.29, 1.82) is 0 Å². The van der Waals surface area contributed by atoms with Crippen LogP contribution < -0.4 is 10.6 Å². The number of hydrogen-bond donors (Lipinski definition) is 2. The van der Waals surface area contributed by atoms with Crippen molar-refractivity contribution in [2.24, 2.45) is 0 Å². The van der Waals surface area contributed by atoms with E-state index in [4.69, 9.17) is 0 Å². The summed E-state index contributed by atoms with van der Waals surface area (Å²) in [5.41, 5.74) is 2.31. The predicted molar refractivity (Wildman–Crippen MR) is 109 cm³/mol. The van der Waals surface area contributed by atoms with Crippen LogP contribution in [0.1, 0.15) is 35.8 Å². The Kier molecular flexibility index (Phi) is 5.10. The molecular weight excluding hydrogens is 376 g/mol. The van der Waals surface area contributed by atoms with Crippen molar-refractivity contribution in [3.63, 3.8) is 0 Å².